The zero-order valence-electron chi connectivity index (χ0n) is 36.4. The SMILES string of the molecule is O=C(O)/C=C/C(=O)Cc1ccc(C(c2ccc(-c3ccccc3)cc2)c2ccc(CC(=O)/C=C/C(=O)O)c(-c3ccccc3NC(=O)/C=C/C(=O)O)c2)cc1-c1ccccc1NC(=O)/C=C/C(=O)O. The van der Waals surface area contributed by atoms with Crippen molar-refractivity contribution in [3.05, 3.63) is 216 Å². The maximum atomic E-state index is 13.2. The van der Waals surface area contributed by atoms with Crippen molar-refractivity contribution in [1.29, 1.82) is 0 Å². The van der Waals surface area contributed by atoms with Crippen LogP contribution in [0.3, 0.4) is 0 Å². The van der Waals surface area contributed by atoms with Crippen LogP contribution in [0.4, 0.5) is 11.4 Å². The third-order valence-electron chi connectivity index (χ3n) is 10.5. The van der Waals surface area contributed by atoms with Crippen molar-refractivity contribution in [1.82, 2.24) is 0 Å². The van der Waals surface area contributed by atoms with E-state index in [1.807, 2.05) is 78.9 Å². The molecular weight excluding hydrogens is 881 g/mol. The van der Waals surface area contributed by atoms with Crippen LogP contribution in [0.5, 0.6) is 0 Å². The van der Waals surface area contributed by atoms with Crippen molar-refractivity contribution in [3.8, 4) is 33.4 Å². The molecule has 0 bridgehead atoms. The molecule has 0 spiro atoms. The minimum Gasteiger partial charge on any atom is -0.478 e. The number of ketones is 2. The first kappa shape index (κ1) is 48.9. The summed E-state index contributed by atoms with van der Waals surface area (Å²) in [5.41, 5.74) is 7.34. The lowest BCUT2D eigenvalue weighted by Crippen LogP contribution is -2.11. The Labute approximate surface area is 394 Å². The fourth-order valence-electron chi connectivity index (χ4n) is 7.55. The van der Waals surface area contributed by atoms with E-state index in [4.69, 9.17) is 10.2 Å². The molecule has 2 amide bonds. The minimum absolute atomic E-state index is 0.246. The molecule has 0 heterocycles. The molecule has 0 radical (unpaired) electrons. The van der Waals surface area contributed by atoms with Gasteiger partial charge in [-0.3, -0.25) is 19.2 Å². The number of nitrogens with one attached hydrogen (secondary N) is 2. The van der Waals surface area contributed by atoms with E-state index >= 15 is 0 Å². The first-order valence-corrected chi connectivity index (χ1v) is 21.1. The number of amides is 2. The van der Waals surface area contributed by atoms with E-state index in [2.05, 4.69) is 10.6 Å². The number of carbonyl (C=O) groups excluding carboxylic acids is 4. The number of rotatable bonds is 20. The second-order valence-electron chi connectivity index (χ2n) is 15.3. The monoisotopic (exact) mass is 922 g/mol. The molecule has 6 rings (SSSR count). The highest BCUT2D eigenvalue weighted by atomic mass is 16.4. The summed E-state index contributed by atoms with van der Waals surface area (Å²) in [6.07, 6.45) is 6.00. The maximum Gasteiger partial charge on any atom is 0.328 e. The number of carbonyl (C=O) groups is 8. The van der Waals surface area contributed by atoms with Crippen LogP contribution in [0.2, 0.25) is 0 Å². The Morgan fingerprint density at radius 2 is 0.739 bits per heavy atom. The summed E-state index contributed by atoms with van der Waals surface area (Å²) in [5.74, 6) is -8.43. The average Bonchev–Trinajstić information content (AvgIpc) is 3.33. The first-order valence-electron chi connectivity index (χ1n) is 21.1. The number of hydrogen-bond donors (Lipinski definition) is 6. The summed E-state index contributed by atoms with van der Waals surface area (Å²) >= 11 is 0. The molecule has 0 saturated heterocycles. The van der Waals surface area contributed by atoms with Crippen molar-refractivity contribution in [3.63, 3.8) is 0 Å². The molecule has 69 heavy (non-hydrogen) atoms. The Hall–Kier alpha value is -9.56. The van der Waals surface area contributed by atoms with E-state index in [-0.39, 0.29) is 24.2 Å². The van der Waals surface area contributed by atoms with Crippen LogP contribution in [-0.4, -0.2) is 67.7 Å². The Kier molecular flexibility index (Phi) is 16.3. The molecule has 0 atom stereocenters. The largest absolute Gasteiger partial charge is 0.478 e. The van der Waals surface area contributed by atoms with Gasteiger partial charge in [0.25, 0.3) is 0 Å². The zero-order chi connectivity index (χ0) is 49.5. The maximum absolute atomic E-state index is 13.2. The molecule has 6 aromatic rings. The number of anilines is 2. The molecule has 14 nitrogen and oxygen atoms in total. The summed E-state index contributed by atoms with van der Waals surface area (Å²) in [5, 5.41) is 42.2. The number of para-hydroxylation sites is 2. The van der Waals surface area contributed by atoms with Crippen molar-refractivity contribution in [2.75, 3.05) is 10.6 Å². The number of allylic oxidation sites excluding steroid dienone is 2. The van der Waals surface area contributed by atoms with Gasteiger partial charge in [-0.05, 0) is 86.5 Å². The van der Waals surface area contributed by atoms with Gasteiger partial charge in [0.05, 0.1) is 0 Å². The fraction of sp³-hybridized carbons (Fsp3) is 0.0545. The van der Waals surface area contributed by atoms with E-state index in [1.54, 1.807) is 60.7 Å². The molecule has 344 valence electrons. The summed E-state index contributed by atoms with van der Waals surface area (Å²) in [7, 11) is 0. The normalized spacial score (nSPS) is 11.3. The molecule has 0 aromatic heterocycles. The Bertz CT molecular complexity index is 2930. The standard InChI is InChI=1S/C55H42N2O12/c58-41(22-26-51(62)63)30-37-18-20-39(32-45(37)43-10-4-6-12-47(43)56-49(60)24-28-53(66)67)55(36-16-14-35(15-17-36)34-8-2-1-3-9-34)40-21-19-38(31-42(59)23-27-52(64)65)46(33-40)44-11-5-7-13-48(44)57-50(61)25-29-54(68)69/h1-29,32-33,55H,30-31H2,(H,56,60)(H,57,61)(H,62,63)(H,64,65)(H,66,67)(H,68,69)/b26-22+,27-23+,28-24+,29-25+. The Morgan fingerprint density at radius 1 is 0.377 bits per heavy atom. The quantitative estimate of drug-likeness (QED) is 0.0312. The lowest BCUT2D eigenvalue weighted by Gasteiger charge is -2.24. The van der Waals surface area contributed by atoms with Gasteiger partial charge in [-0.1, -0.05) is 115 Å². The van der Waals surface area contributed by atoms with Gasteiger partial charge in [-0.2, -0.15) is 0 Å². The van der Waals surface area contributed by atoms with E-state index in [1.165, 1.54) is 0 Å². The third kappa shape index (κ3) is 13.7. The smallest absolute Gasteiger partial charge is 0.328 e. The zero-order valence-corrected chi connectivity index (χ0v) is 36.4. The topological polar surface area (TPSA) is 242 Å². The van der Waals surface area contributed by atoms with Crippen LogP contribution in [0.1, 0.15) is 33.7 Å². The summed E-state index contributed by atoms with van der Waals surface area (Å²) < 4.78 is 0. The predicted octanol–water partition coefficient (Wildman–Crippen LogP) is 8.53. The fourth-order valence-corrected chi connectivity index (χ4v) is 7.55. The van der Waals surface area contributed by atoms with Gasteiger partial charge in [0.2, 0.25) is 11.8 Å². The van der Waals surface area contributed by atoms with Gasteiger partial charge in [-0.15, -0.1) is 0 Å². The Balaban J connectivity index is 1.60. The van der Waals surface area contributed by atoms with Gasteiger partial charge in [-0.25, -0.2) is 19.2 Å². The number of carboxylic acids is 4. The van der Waals surface area contributed by atoms with E-state index in [0.29, 0.717) is 56.7 Å². The van der Waals surface area contributed by atoms with Crippen molar-refractivity contribution < 1.29 is 58.8 Å². The Morgan fingerprint density at radius 3 is 1.16 bits per heavy atom. The van der Waals surface area contributed by atoms with Crippen molar-refractivity contribution in [2.45, 2.75) is 18.8 Å². The molecule has 6 N–H and O–H groups in total. The molecule has 0 aliphatic rings. The lowest BCUT2D eigenvalue weighted by molar-refractivity contribution is -0.132. The molecule has 0 saturated carbocycles. The predicted molar refractivity (Wildman–Crippen MR) is 258 cm³/mol. The summed E-state index contributed by atoms with van der Waals surface area (Å²) in [6, 6.07) is 41.7. The van der Waals surface area contributed by atoms with Gasteiger partial charge in [0, 0.05) is 77.7 Å². The van der Waals surface area contributed by atoms with Crippen molar-refractivity contribution in [2.24, 2.45) is 0 Å². The molecule has 0 fully saturated rings. The van der Waals surface area contributed by atoms with Crippen LogP contribution in [0.15, 0.2) is 188 Å². The van der Waals surface area contributed by atoms with Crippen LogP contribution in [-0.2, 0) is 51.2 Å². The number of carboxylic acid groups (broad SMARTS) is 4. The van der Waals surface area contributed by atoms with Gasteiger partial charge in [0.15, 0.2) is 11.6 Å². The second-order valence-corrected chi connectivity index (χ2v) is 15.3. The highest BCUT2D eigenvalue weighted by Crippen LogP contribution is 2.41. The molecule has 0 aliphatic carbocycles. The van der Waals surface area contributed by atoms with Crippen LogP contribution in [0.25, 0.3) is 33.4 Å². The van der Waals surface area contributed by atoms with Crippen LogP contribution >= 0.6 is 0 Å². The highest BCUT2D eigenvalue weighted by molar-refractivity contribution is 6.06. The first-order chi connectivity index (χ1) is 33.1. The van der Waals surface area contributed by atoms with Gasteiger partial charge < -0.3 is 31.1 Å². The average molecular weight is 923 g/mol. The van der Waals surface area contributed by atoms with E-state index in [0.717, 1.165) is 53.1 Å². The molecule has 14 heteroatoms. The summed E-state index contributed by atoms with van der Waals surface area (Å²) in [6.45, 7) is 0. The van der Waals surface area contributed by atoms with E-state index in [9.17, 15) is 48.6 Å². The molecular formula is C55H42N2O12. The number of hydrogen-bond acceptors (Lipinski definition) is 8. The lowest BCUT2D eigenvalue weighted by atomic mass is 9.80. The van der Waals surface area contributed by atoms with Crippen LogP contribution in [0, 0.1) is 0 Å². The minimum atomic E-state index is -1.33. The number of aliphatic carboxylic acids is 4. The van der Waals surface area contributed by atoms with Gasteiger partial charge in [0.1, 0.15) is 0 Å². The van der Waals surface area contributed by atoms with Gasteiger partial charge >= 0.3 is 23.9 Å². The molecule has 0 aliphatic heterocycles. The second kappa shape index (κ2) is 23.1. The van der Waals surface area contributed by atoms with Crippen LogP contribution < -0.4 is 10.6 Å². The van der Waals surface area contributed by atoms with E-state index < -0.39 is 53.2 Å². The highest BCUT2D eigenvalue weighted by Gasteiger charge is 2.24. The molecule has 0 unspecified atom stereocenters. The number of benzene rings is 6. The third-order valence-corrected chi connectivity index (χ3v) is 10.5. The summed E-state index contributed by atoms with van der Waals surface area (Å²) in [4.78, 5) is 97.5. The van der Waals surface area contributed by atoms with Crippen molar-refractivity contribution >= 4 is 58.6 Å². The molecule has 6 aromatic carbocycles.